The Morgan fingerprint density at radius 2 is 2.09 bits per heavy atom. The number of rotatable bonds is 1. The SMILES string of the molecule is Cc1ccc(C2=CC3CCC(C2)N3C(=O)OC(C)(C)C)cn1. The van der Waals surface area contributed by atoms with Crippen LogP contribution in [0.3, 0.4) is 0 Å². The Morgan fingerprint density at radius 3 is 2.68 bits per heavy atom. The predicted molar refractivity (Wildman–Crippen MR) is 86.5 cm³/mol. The van der Waals surface area contributed by atoms with E-state index < -0.39 is 5.60 Å². The molecule has 2 aliphatic heterocycles. The van der Waals surface area contributed by atoms with Gasteiger partial charge in [-0.15, -0.1) is 0 Å². The van der Waals surface area contributed by atoms with Gasteiger partial charge in [-0.1, -0.05) is 12.1 Å². The second kappa shape index (κ2) is 5.41. The van der Waals surface area contributed by atoms with Crippen LogP contribution in [-0.4, -0.2) is 33.7 Å². The summed E-state index contributed by atoms with van der Waals surface area (Å²) in [6.45, 7) is 7.73. The molecule has 118 valence electrons. The van der Waals surface area contributed by atoms with Gasteiger partial charge in [0.25, 0.3) is 0 Å². The van der Waals surface area contributed by atoms with E-state index >= 15 is 0 Å². The molecule has 0 N–H and O–H groups in total. The molecule has 0 aromatic carbocycles. The number of carbonyl (C=O) groups excluding carboxylic acids is 1. The molecule has 1 aromatic heterocycles. The fourth-order valence-electron chi connectivity index (χ4n) is 3.30. The minimum Gasteiger partial charge on any atom is -0.444 e. The van der Waals surface area contributed by atoms with Crippen LogP contribution in [0.1, 0.15) is 51.3 Å². The lowest BCUT2D eigenvalue weighted by molar-refractivity contribution is 0.0175. The minimum absolute atomic E-state index is 0.157. The summed E-state index contributed by atoms with van der Waals surface area (Å²) in [4.78, 5) is 18.7. The number of carbonyl (C=O) groups is 1. The smallest absolute Gasteiger partial charge is 0.411 e. The molecule has 2 bridgehead atoms. The summed E-state index contributed by atoms with van der Waals surface area (Å²) in [7, 11) is 0. The van der Waals surface area contributed by atoms with Crippen molar-refractivity contribution < 1.29 is 9.53 Å². The highest BCUT2D eigenvalue weighted by Gasteiger charge is 2.41. The van der Waals surface area contributed by atoms with Gasteiger partial charge < -0.3 is 4.74 Å². The highest BCUT2D eigenvalue weighted by Crippen LogP contribution is 2.39. The van der Waals surface area contributed by atoms with Crippen LogP contribution in [0.15, 0.2) is 24.4 Å². The zero-order chi connectivity index (χ0) is 15.9. The summed E-state index contributed by atoms with van der Waals surface area (Å²) in [5.74, 6) is 0. The molecular weight excluding hydrogens is 276 g/mol. The van der Waals surface area contributed by atoms with E-state index in [1.807, 2.05) is 44.9 Å². The number of fused-ring (bicyclic) bond motifs is 2. The first-order chi connectivity index (χ1) is 10.3. The molecular formula is C18H24N2O2. The third-order valence-corrected chi connectivity index (χ3v) is 4.28. The third-order valence-electron chi connectivity index (χ3n) is 4.28. The van der Waals surface area contributed by atoms with Crippen LogP contribution in [-0.2, 0) is 4.74 Å². The molecule has 1 fully saturated rings. The molecule has 4 heteroatoms. The highest BCUT2D eigenvalue weighted by atomic mass is 16.6. The number of ether oxygens (including phenoxy) is 1. The Labute approximate surface area is 132 Å². The molecule has 3 heterocycles. The van der Waals surface area contributed by atoms with Crippen LogP contribution in [0.2, 0.25) is 0 Å². The lowest BCUT2D eigenvalue weighted by Gasteiger charge is -2.35. The first-order valence-corrected chi connectivity index (χ1v) is 7.98. The number of aryl methyl sites for hydroxylation is 1. The molecule has 1 aromatic rings. The van der Waals surface area contributed by atoms with E-state index in [2.05, 4.69) is 17.1 Å². The quantitative estimate of drug-likeness (QED) is 0.788. The summed E-state index contributed by atoms with van der Waals surface area (Å²) in [5.41, 5.74) is 3.06. The molecule has 1 saturated heterocycles. The van der Waals surface area contributed by atoms with Gasteiger partial charge in [-0.25, -0.2) is 4.79 Å². The van der Waals surface area contributed by atoms with Crippen molar-refractivity contribution >= 4 is 11.7 Å². The molecule has 3 rings (SSSR count). The van der Waals surface area contributed by atoms with Crippen LogP contribution in [0, 0.1) is 6.92 Å². The Kier molecular flexibility index (Phi) is 3.71. The second-order valence-electron chi connectivity index (χ2n) is 7.27. The summed E-state index contributed by atoms with van der Waals surface area (Å²) in [6.07, 6.45) is 6.93. The molecule has 2 atom stereocenters. The van der Waals surface area contributed by atoms with Gasteiger partial charge in [0.2, 0.25) is 0 Å². The summed E-state index contributed by atoms with van der Waals surface area (Å²) in [5, 5.41) is 0. The minimum atomic E-state index is -0.443. The Morgan fingerprint density at radius 1 is 1.32 bits per heavy atom. The molecule has 0 spiro atoms. The van der Waals surface area contributed by atoms with Crippen molar-refractivity contribution in [3.8, 4) is 0 Å². The summed E-state index contributed by atoms with van der Waals surface area (Å²) in [6, 6.07) is 4.57. The molecule has 0 aliphatic carbocycles. The second-order valence-corrected chi connectivity index (χ2v) is 7.27. The van der Waals surface area contributed by atoms with Crippen LogP contribution < -0.4 is 0 Å². The van der Waals surface area contributed by atoms with Crippen molar-refractivity contribution in [3.63, 3.8) is 0 Å². The molecule has 2 unspecified atom stereocenters. The Hall–Kier alpha value is -1.84. The molecule has 4 nitrogen and oxygen atoms in total. The zero-order valence-electron chi connectivity index (χ0n) is 13.8. The number of amides is 1. The summed E-state index contributed by atoms with van der Waals surface area (Å²) >= 11 is 0. The van der Waals surface area contributed by atoms with E-state index in [4.69, 9.17) is 4.74 Å². The van der Waals surface area contributed by atoms with Crippen molar-refractivity contribution in [1.29, 1.82) is 0 Å². The topological polar surface area (TPSA) is 42.4 Å². The third kappa shape index (κ3) is 3.01. The maximum Gasteiger partial charge on any atom is 0.411 e. The van der Waals surface area contributed by atoms with Crippen molar-refractivity contribution in [2.24, 2.45) is 0 Å². The van der Waals surface area contributed by atoms with E-state index in [9.17, 15) is 4.79 Å². The molecule has 1 amide bonds. The average molecular weight is 300 g/mol. The first kappa shape index (κ1) is 15.1. The maximum atomic E-state index is 12.4. The lowest BCUT2D eigenvalue weighted by atomic mass is 9.96. The van der Waals surface area contributed by atoms with Gasteiger partial charge >= 0.3 is 6.09 Å². The Balaban J connectivity index is 1.80. The van der Waals surface area contributed by atoms with Crippen LogP contribution in [0.25, 0.3) is 5.57 Å². The summed E-state index contributed by atoms with van der Waals surface area (Å²) < 4.78 is 5.56. The fourth-order valence-corrected chi connectivity index (χ4v) is 3.30. The van der Waals surface area contributed by atoms with E-state index in [0.717, 1.165) is 25.0 Å². The highest BCUT2D eigenvalue weighted by molar-refractivity contribution is 5.75. The van der Waals surface area contributed by atoms with Crippen molar-refractivity contribution in [1.82, 2.24) is 9.88 Å². The first-order valence-electron chi connectivity index (χ1n) is 7.98. The van der Waals surface area contributed by atoms with Gasteiger partial charge in [0.05, 0.1) is 6.04 Å². The van der Waals surface area contributed by atoms with Gasteiger partial charge in [-0.2, -0.15) is 0 Å². The zero-order valence-corrected chi connectivity index (χ0v) is 13.8. The van der Waals surface area contributed by atoms with E-state index in [1.165, 1.54) is 11.1 Å². The van der Waals surface area contributed by atoms with E-state index in [1.54, 1.807) is 0 Å². The molecule has 2 aliphatic rings. The van der Waals surface area contributed by atoms with Gasteiger partial charge in [-0.3, -0.25) is 9.88 Å². The largest absolute Gasteiger partial charge is 0.444 e. The van der Waals surface area contributed by atoms with Crippen molar-refractivity contribution in [2.75, 3.05) is 0 Å². The van der Waals surface area contributed by atoms with E-state index in [-0.39, 0.29) is 18.2 Å². The number of pyridine rings is 1. The van der Waals surface area contributed by atoms with Gasteiger partial charge in [0, 0.05) is 17.9 Å². The van der Waals surface area contributed by atoms with Crippen molar-refractivity contribution in [3.05, 3.63) is 35.7 Å². The van der Waals surface area contributed by atoms with Crippen molar-refractivity contribution in [2.45, 2.75) is 64.6 Å². The number of aromatic nitrogens is 1. The lowest BCUT2D eigenvalue weighted by Crippen LogP contribution is -2.45. The van der Waals surface area contributed by atoms with Crippen LogP contribution in [0.4, 0.5) is 4.79 Å². The number of nitrogens with zero attached hydrogens (tertiary/aromatic N) is 2. The average Bonchev–Trinajstić information content (AvgIpc) is 2.69. The molecule has 22 heavy (non-hydrogen) atoms. The normalized spacial score (nSPS) is 24.2. The molecule has 0 radical (unpaired) electrons. The van der Waals surface area contributed by atoms with E-state index in [0.29, 0.717) is 0 Å². The standard InChI is InChI=1S/C18H24N2O2/c1-12-5-6-13(11-19-12)14-9-15-7-8-16(10-14)20(15)17(21)22-18(2,3)4/h5-6,9,11,15-16H,7-8,10H2,1-4H3. The van der Waals surface area contributed by atoms with Crippen LogP contribution >= 0.6 is 0 Å². The maximum absolute atomic E-state index is 12.4. The fraction of sp³-hybridized carbons (Fsp3) is 0.556. The predicted octanol–water partition coefficient (Wildman–Crippen LogP) is 3.95. The van der Waals surface area contributed by atoms with Gasteiger partial charge in [-0.05, 0) is 64.2 Å². The monoisotopic (exact) mass is 300 g/mol. The van der Waals surface area contributed by atoms with Crippen LogP contribution in [0.5, 0.6) is 0 Å². The van der Waals surface area contributed by atoms with Gasteiger partial charge in [0.1, 0.15) is 5.60 Å². The number of hydrogen-bond donors (Lipinski definition) is 0. The number of hydrogen-bond acceptors (Lipinski definition) is 3. The Bertz CT molecular complexity index is 599. The molecule has 0 saturated carbocycles. The van der Waals surface area contributed by atoms with Gasteiger partial charge in [0.15, 0.2) is 0 Å².